The number of piperazine rings is 1. The predicted molar refractivity (Wildman–Crippen MR) is 44.1 cm³/mol. The van der Waals surface area contributed by atoms with Crippen molar-refractivity contribution in [3.8, 4) is 0 Å². The molecule has 0 radical (unpaired) electrons. The largest absolute Gasteiger partial charge is 0.314 e. The van der Waals surface area contributed by atoms with Gasteiger partial charge in [0.2, 0.25) is 0 Å². The van der Waals surface area contributed by atoms with Gasteiger partial charge in [0, 0.05) is 25.7 Å². The van der Waals surface area contributed by atoms with Crippen molar-refractivity contribution in [3.63, 3.8) is 0 Å². The van der Waals surface area contributed by atoms with Crippen LogP contribution in [0.25, 0.3) is 0 Å². The first-order valence-electron chi connectivity index (χ1n) is 3.98. The maximum atomic E-state index is 3.44. The molecule has 0 aromatic rings. The maximum Gasteiger partial charge on any atom is 0.0227 e. The molecule has 1 rings (SSSR count). The van der Waals surface area contributed by atoms with Crippen molar-refractivity contribution in [2.24, 2.45) is 0 Å². The molecule has 2 N–H and O–H groups in total. The van der Waals surface area contributed by atoms with Gasteiger partial charge in [0.1, 0.15) is 0 Å². The Bertz CT molecular complexity index is 104. The van der Waals surface area contributed by atoms with Crippen LogP contribution in [0, 0.1) is 0 Å². The van der Waals surface area contributed by atoms with E-state index < -0.39 is 0 Å². The van der Waals surface area contributed by atoms with E-state index in [-0.39, 0.29) is 0 Å². The van der Waals surface area contributed by atoms with Gasteiger partial charge in [-0.15, -0.1) is 0 Å². The molecule has 0 bridgehead atoms. The fourth-order valence-corrected chi connectivity index (χ4v) is 1.18. The Morgan fingerprint density at radius 1 is 1.50 bits per heavy atom. The second kappa shape index (κ2) is 4.47. The van der Waals surface area contributed by atoms with Crippen molar-refractivity contribution in [3.05, 3.63) is 12.2 Å². The van der Waals surface area contributed by atoms with Crippen molar-refractivity contribution in [2.45, 2.75) is 19.4 Å². The third-order valence-corrected chi connectivity index (χ3v) is 1.78. The molecule has 10 heavy (non-hydrogen) atoms. The quantitative estimate of drug-likeness (QED) is 0.546. The van der Waals surface area contributed by atoms with E-state index in [0.717, 1.165) is 26.1 Å². The van der Waals surface area contributed by atoms with E-state index in [2.05, 4.69) is 29.7 Å². The van der Waals surface area contributed by atoms with Gasteiger partial charge in [0.25, 0.3) is 0 Å². The van der Waals surface area contributed by atoms with E-state index in [1.807, 2.05) is 0 Å². The lowest BCUT2D eigenvalue weighted by atomic mass is 10.1. The van der Waals surface area contributed by atoms with Gasteiger partial charge >= 0.3 is 0 Å². The minimum absolute atomic E-state index is 0.657. The van der Waals surface area contributed by atoms with Crippen molar-refractivity contribution < 1.29 is 0 Å². The third kappa shape index (κ3) is 2.50. The van der Waals surface area contributed by atoms with Gasteiger partial charge in [-0.05, 0) is 13.3 Å². The first-order chi connectivity index (χ1) is 4.93. The molecule has 1 atom stereocenters. The van der Waals surface area contributed by atoms with Gasteiger partial charge in [0.15, 0.2) is 0 Å². The summed E-state index contributed by atoms with van der Waals surface area (Å²) < 4.78 is 0. The molecule has 0 aliphatic carbocycles. The fraction of sp³-hybridized carbons (Fsp3) is 0.750. The molecule has 58 valence electrons. The van der Waals surface area contributed by atoms with Crippen molar-refractivity contribution in [2.75, 3.05) is 19.6 Å². The molecular formula is C8H16N2. The highest BCUT2D eigenvalue weighted by Gasteiger charge is 2.08. The summed E-state index contributed by atoms with van der Waals surface area (Å²) in [4.78, 5) is 0. The number of allylic oxidation sites excluding steroid dienone is 1. The summed E-state index contributed by atoms with van der Waals surface area (Å²) in [6.45, 7) is 5.41. The highest BCUT2D eigenvalue weighted by Crippen LogP contribution is 1.94. The van der Waals surface area contributed by atoms with Gasteiger partial charge in [0.05, 0.1) is 0 Å². The number of rotatable bonds is 2. The second-order valence-electron chi connectivity index (χ2n) is 2.66. The monoisotopic (exact) mass is 140 g/mol. The van der Waals surface area contributed by atoms with Gasteiger partial charge in [-0.25, -0.2) is 0 Å². The fourth-order valence-electron chi connectivity index (χ4n) is 1.18. The highest BCUT2D eigenvalue weighted by molar-refractivity contribution is 4.86. The van der Waals surface area contributed by atoms with Crippen molar-refractivity contribution in [1.82, 2.24) is 10.6 Å². The zero-order chi connectivity index (χ0) is 7.23. The van der Waals surface area contributed by atoms with Crippen LogP contribution < -0.4 is 10.6 Å². The Hall–Kier alpha value is -0.340. The number of hydrogen-bond acceptors (Lipinski definition) is 2. The SMILES string of the molecule is CC=CCC1CNCCN1. The van der Waals surface area contributed by atoms with Crippen LogP contribution in [0.3, 0.4) is 0 Å². The predicted octanol–water partition coefficient (Wildman–Crippen LogP) is 0.514. The molecule has 1 fully saturated rings. The topological polar surface area (TPSA) is 24.1 Å². The Morgan fingerprint density at radius 3 is 3.00 bits per heavy atom. The average molecular weight is 140 g/mol. The van der Waals surface area contributed by atoms with Gasteiger partial charge in [-0.2, -0.15) is 0 Å². The summed E-state index contributed by atoms with van der Waals surface area (Å²) in [5.74, 6) is 0. The second-order valence-corrected chi connectivity index (χ2v) is 2.66. The number of hydrogen-bond donors (Lipinski definition) is 2. The summed E-state index contributed by atoms with van der Waals surface area (Å²) in [6, 6.07) is 0.657. The van der Waals surface area contributed by atoms with E-state index in [0.29, 0.717) is 6.04 Å². The van der Waals surface area contributed by atoms with Crippen LogP contribution in [0.4, 0.5) is 0 Å². The first kappa shape index (κ1) is 7.76. The lowest BCUT2D eigenvalue weighted by Crippen LogP contribution is -2.47. The summed E-state index contributed by atoms with van der Waals surface area (Å²) in [6.07, 6.45) is 5.48. The van der Waals surface area contributed by atoms with Crippen LogP contribution in [0.15, 0.2) is 12.2 Å². The Balaban J connectivity index is 2.13. The zero-order valence-corrected chi connectivity index (χ0v) is 6.56. The van der Waals surface area contributed by atoms with E-state index in [9.17, 15) is 0 Å². The van der Waals surface area contributed by atoms with E-state index in [4.69, 9.17) is 0 Å². The van der Waals surface area contributed by atoms with Crippen molar-refractivity contribution >= 4 is 0 Å². The normalized spacial score (nSPS) is 27.5. The third-order valence-electron chi connectivity index (χ3n) is 1.78. The smallest absolute Gasteiger partial charge is 0.0227 e. The van der Waals surface area contributed by atoms with Crippen LogP contribution in [-0.4, -0.2) is 25.7 Å². The van der Waals surface area contributed by atoms with Crippen LogP contribution in [0.1, 0.15) is 13.3 Å². The van der Waals surface area contributed by atoms with E-state index in [1.165, 1.54) is 0 Å². The summed E-state index contributed by atoms with van der Waals surface area (Å²) in [5.41, 5.74) is 0. The molecule has 2 heteroatoms. The molecule has 0 aromatic carbocycles. The molecule has 0 saturated carbocycles. The van der Waals surface area contributed by atoms with Crippen LogP contribution >= 0.6 is 0 Å². The minimum atomic E-state index is 0.657. The maximum absolute atomic E-state index is 3.44. The molecule has 1 saturated heterocycles. The van der Waals surface area contributed by atoms with Crippen LogP contribution in [-0.2, 0) is 0 Å². The molecule has 2 nitrogen and oxygen atoms in total. The minimum Gasteiger partial charge on any atom is -0.314 e. The lowest BCUT2D eigenvalue weighted by molar-refractivity contribution is 0.421. The van der Waals surface area contributed by atoms with Crippen molar-refractivity contribution in [1.29, 1.82) is 0 Å². The standard InChI is InChI=1S/C8H16N2/c1-2-3-4-8-7-9-5-6-10-8/h2-3,8-10H,4-7H2,1H3. The molecule has 0 amide bonds. The first-order valence-corrected chi connectivity index (χ1v) is 3.98. The highest BCUT2D eigenvalue weighted by atomic mass is 15.0. The zero-order valence-electron chi connectivity index (χ0n) is 6.56. The van der Waals surface area contributed by atoms with Crippen LogP contribution in [0.2, 0.25) is 0 Å². The number of nitrogens with one attached hydrogen (secondary N) is 2. The molecule has 0 spiro atoms. The van der Waals surface area contributed by atoms with E-state index >= 15 is 0 Å². The lowest BCUT2D eigenvalue weighted by Gasteiger charge is -2.23. The van der Waals surface area contributed by atoms with Crippen LogP contribution in [0.5, 0.6) is 0 Å². The Labute approximate surface area is 62.7 Å². The van der Waals surface area contributed by atoms with Gasteiger partial charge in [-0.3, -0.25) is 0 Å². The molecule has 0 aromatic heterocycles. The molecule has 1 heterocycles. The molecular weight excluding hydrogens is 124 g/mol. The average Bonchev–Trinajstić information content (AvgIpc) is 2.03. The van der Waals surface area contributed by atoms with Gasteiger partial charge < -0.3 is 10.6 Å². The van der Waals surface area contributed by atoms with Gasteiger partial charge in [-0.1, -0.05) is 12.2 Å². The molecule has 1 aliphatic rings. The van der Waals surface area contributed by atoms with E-state index in [1.54, 1.807) is 0 Å². The molecule has 1 aliphatic heterocycles. The summed E-state index contributed by atoms with van der Waals surface area (Å²) in [7, 11) is 0. The summed E-state index contributed by atoms with van der Waals surface area (Å²) >= 11 is 0. The molecule has 1 unspecified atom stereocenters. The Kier molecular flexibility index (Phi) is 3.47. The summed E-state index contributed by atoms with van der Waals surface area (Å²) in [5, 5.41) is 6.79. The Morgan fingerprint density at radius 2 is 2.40 bits per heavy atom.